The average Bonchev–Trinajstić information content (AvgIpc) is 3.07. The number of ether oxygens (including phenoxy) is 1. The van der Waals surface area contributed by atoms with Gasteiger partial charge in [-0.05, 0) is 55.5 Å². The van der Waals surface area contributed by atoms with Crippen molar-refractivity contribution in [3.8, 4) is 5.75 Å². The van der Waals surface area contributed by atoms with E-state index >= 15 is 0 Å². The van der Waals surface area contributed by atoms with E-state index in [2.05, 4.69) is 24.0 Å². The summed E-state index contributed by atoms with van der Waals surface area (Å²) in [6.07, 6.45) is 3.90. The van der Waals surface area contributed by atoms with Gasteiger partial charge in [-0.25, -0.2) is 0 Å². The minimum absolute atomic E-state index is 0.142. The number of hydrogen-bond donors (Lipinski definition) is 0. The highest BCUT2D eigenvalue weighted by Crippen LogP contribution is 2.27. The molecule has 126 valence electrons. The molecule has 0 spiro atoms. The van der Waals surface area contributed by atoms with Crippen molar-refractivity contribution in [2.45, 2.75) is 45.6 Å². The lowest BCUT2D eigenvalue weighted by Gasteiger charge is -2.35. The first-order valence-electron chi connectivity index (χ1n) is 9.00. The summed E-state index contributed by atoms with van der Waals surface area (Å²) in [5.74, 6) is 0.988. The van der Waals surface area contributed by atoms with E-state index in [1.54, 1.807) is 0 Å². The van der Waals surface area contributed by atoms with Gasteiger partial charge in [-0.3, -0.25) is 4.79 Å². The summed E-state index contributed by atoms with van der Waals surface area (Å²) in [7, 11) is 0. The first kappa shape index (κ1) is 16.3. The third kappa shape index (κ3) is 3.69. The molecule has 1 atom stereocenters. The van der Waals surface area contributed by atoms with Gasteiger partial charge in [0, 0.05) is 26.2 Å². The predicted molar refractivity (Wildman–Crippen MR) is 91.9 cm³/mol. The predicted octanol–water partition coefficient (Wildman–Crippen LogP) is 2.50. The van der Waals surface area contributed by atoms with Crippen LogP contribution in [0.2, 0.25) is 0 Å². The molecule has 1 fully saturated rings. The van der Waals surface area contributed by atoms with Crippen LogP contribution in [0.15, 0.2) is 18.2 Å². The molecule has 1 aromatic rings. The van der Waals surface area contributed by atoms with Gasteiger partial charge in [0.2, 0.25) is 0 Å². The van der Waals surface area contributed by atoms with Crippen LogP contribution in [0, 0.1) is 0 Å². The van der Waals surface area contributed by atoms with E-state index in [-0.39, 0.29) is 12.0 Å². The summed E-state index contributed by atoms with van der Waals surface area (Å²) in [6, 6.07) is 6.32. The van der Waals surface area contributed by atoms with Crippen LogP contribution < -0.4 is 4.74 Å². The van der Waals surface area contributed by atoms with Gasteiger partial charge >= 0.3 is 0 Å². The van der Waals surface area contributed by atoms with Crippen molar-refractivity contribution in [3.05, 3.63) is 29.3 Å². The Labute approximate surface area is 139 Å². The van der Waals surface area contributed by atoms with E-state index in [0.29, 0.717) is 6.42 Å². The smallest absolute Gasteiger partial charge is 0.263 e. The van der Waals surface area contributed by atoms with Crippen molar-refractivity contribution in [2.24, 2.45) is 0 Å². The van der Waals surface area contributed by atoms with Crippen LogP contribution in [-0.4, -0.2) is 54.5 Å². The molecule has 1 aliphatic carbocycles. The summed E-state index contributed by atoms with van der Waals surface area (Å²) < 4.78 is 6.05. The molecular weight excluding hydrogens is 288 g/mol. The first-order valence-corrected chi connectivity index (χ1v) is 9.00. The van der Waals surface area contributed by atoms with Gasteiger partial charge in [-0.2, -0.15) is 0 Å². The van der Waals surface area contributed by atoms with E-state index < -0.39 is 0 Å². The van der Waals surface area contributed by atoms with Crippen LogP contribution in [0.25, 0.3) is 0 Å². The molecule has 0 N–H and O–H groups in total. The normalized spacial score (nSPS) is 19.5. The average molecular weight is 316 g/mol. The standard InChI is InChI=1S/C19H28N2O2/c1-3-18(19(22)21-12-10-20(4-2)11-13-21)23-17-9-8-15-6-5-7-16(15)14-17/h8-9,14,18H,3-7,10-13H2,1-2H3/t18-/m1/s1. The van der Waals surface area contributed by atoms with E-state index in [1.165, 1.54) is 24.0 Å². The summed E-state index contributed by atoms with van der Waals surface area (Å²) in [5, 5.41) is 0. The van der Waals surface area contributed by atoms with Crippen molar-refractivity contribution in [3.63, 3.8) is 0 Å². The van der Waals surface area contributed by atoms with Gasteiger partial charge in [-0.15, -0.1) is 0 Å². The summed E-state index contributed by atoms with van der Waals surface area (Å²) in [4.78, 5) is 17.1. The number of benzene rings is 1. The molecule has 4 heteroatoms. The molecule has 0 saturated carbocycles. The fourth-order valence-corrected chi connectivity index (χ4v) is 3.58. The molecule has 0 radical (unpaired) electrons. The quantitative estimate of drug-likeness (QED) is 0.837. The number of rotatable bonds is 5. The molecule has 23 heavy (non-hydrogen) atoms. The highest BCUT2D eigenvalue weighted by atomic mass is 16.5. The Morgan fingerprint density at radius 3 is 2.57 bits per heavy atom. The van der Waals surface area contributed by atoms with Crippen molar-refractivity contribution < 1.29 is 9.53 Å². The van der Waals surface area contributed by atoms with E-state index in [9.17, 15) is 4.79 Å². The van der Waals surface area contributed by atoms with Gasteiger partial charge in [0.25, 0.3) is 5.91 Å². The van der Waals surface area contributed by atoms with Crippen LogP contribution in [0.3, 0.4) is 0 Å². The zero-order valence-electron chi connectivity index (χ0n) is 14.4. The van der Waals surface area contributed by atoms with Crippen molar-refractivity contribution in [1.29, 1.82) is 0 Å². The van der Waals surface area contributed by atoms with Gasteiger partial charge < -0.3 is 14.5 Å². The molecule has 0 bridgehead atoms. The number of carbonyl (C=O) groups excluding carboxylic acids is 1. The molecule has 1 aromatic carbocycles. The zero-order valence-corrected chi connectivity index (χ0v) is 14.4. The van der Waals surface area contributed by atoms with Crippen molar-refractivity contribution >= 4 is 5.91 Å². The topological polar surface area (TPSA) is 32.8 Å². The lowest BCUT2D eigenvalue weighted by atomic mass is 10.1. The van der Waals surface area contributed by atoms with Gasteiger partial charge in [0.05, 0.1) is 0 Å². The number of hydrogen-bond acceptors (Lipinski definition) is 3. The number of piperazine rings is 1. The number of fused-ring (bicyclic) bond motifs is 1. The molecular formula is C19H28N2O2. The van der Waals surface area contributed by atoms with Gasteiger partial charge in [0.15, 0.2) is 6.10 Å². The van der Waals surface area contributed by atoms with Crippen LogP contribution in [0.5, 0.6) is 5.75 Å². The fourth-order valence-electron chi connectivity index (χ4n) is 3.58. The summed E-state index contributed by atoms with van der Waals surface area (Å²) in [6.45, 7) is 8.83. The molecule has 1 heterocycles. The first-order chi connectivity index (χ1) is 11.2. The Hall–Kier alpha value is -1.55. The number of carbonyl (C=O) groups is 1. The number of aryl methyl sites for hydroxylation is 2. The van der Waals surface area contributed by atoms with Crippen LogP contribution in [0.1, 0.15) is 37.8 Å². The largest absolute Gasteiger partial charge is 0.481 e. The maximum Gasteiger partial charge on any atom is 0.263 e. The maximum absolute atomic E-state index is 12.7. The van der Waals surface area contributed by atoms with Crippen molar-refractivity contribution in [1.82, 2.24) is 9.80 Å². The molecule has 1 saturated heterocycles. The lowest BCUT2D eigenvalue weighted by molar-refractivity contribution is -0.140. The molecule has 0 unspecified atom stereocenters. The van der Waals surface area contributed by atoms with E-state index in [1.807, 2.05) is 17.9 Å². The van der Waals surface area contributed by atoms with Gasteiger partial charge in [0.1, 0.15) is 5.75 Å². The highest BCUT2D eigenvalue weighted by molar-refractivity contribution is 5.81. The monoisotopic (exact) mass is 316 g/mol. The van der Waals surface area contributed by atoms with E-state index in [4.69, 9.17) is 4.74 Å². The second-order valence-corrected chi connectivity index (χ2v) is 6.56. The number of amides is 1. The van der Waals surface area contributed by atoms with E-state index in [0.717, 1.165) is 44.9 Å². The number of likely N-dealkylation sites (N-methyl/N-ethyl adjacent to an activating group) is 1. The van der Waals surface area contributed by atoms with Gasteiger partial charge in [-0.1, -0.05) is 19.9 Å². The lowest BCUT2D eigenvalue weighted by Crippen LogP contribution is -2.52. The molecule has 1 amide bonds. The van der Waals surface area contributed by atoms with Crippen LogP contribution in [-0.2, 0) is 17.6 Å². The minimum Gasteiger partial charge on any atom is -0.481 e. The van der Waals surface area contributed by atoms with Crippen LogP contribution in [0.4, 0.5) is 0 Å². The number of nitrogens with zero attached hydrogens (tertiary/aromatic N) is 2. The third-order valence-electron chi connectivity index (χ3n) is 5.13. The third-order valence-corrected chi connectivity index (χ3v) is 5.13. The van der Waals surface area contributed by atoms with Crippen molar-refractivity contribution in [2.75, 3.05) is 32.7 Å². The molecule has 1 aliphatic heterocycles. The maximum atomic E-state index is 12.7. The molecule has 0 aromatic heterocycles. The second-order valence-electron chi connectivity index (χ2n) is 6.56. The van der Waals surface area contributed by atoms with Crippen LogP contribution >= 0.6 is 0 Å². The molecule has 4 nitrogen and oxygen atoms in total. The summed E-state index contributed by atoms with van der Waals surface area (Å²) in [5.41, 5.74) is 2.83. The fraction of sp³-hybridized carbons (Fsp3) is 0.632. The zero-order chi connectivity index (χ0) is 16.2. The Balaban J connectivity index is 1.62. The SMILES string of the molecule is CC[C@@H](Oc1ccc2c(c1)CCC2)C(=O)N1CCN(CC)CC1. The Kier molecular flexibility index (Phi) is 5.21. The minimum atomic E-state index is -0.359. The Morgan fingerprint density at radius 1 is 1.13 bits per heavy atom. The summed E-state index contributed by atoms with van der Waals surface area (Å²) >= 11 is 0. The Bertz CT molecular complexity index is 550. The molecule has 2 aliphatic rings. The Morgan fingerprint density at radius 2 is 1.87 bits per heavy atom. The highest BCUT2D eigenvalue weighted by Gasteiger charge is 2.27. The second kappa shape index (κ2) is 7.35. The molecule has 3 rings (SSSR count).